The molecule has 0 amide bonds. The molecule has 1 aromatic heterocycles. The Bertz CT molecular complexity index is 689. The molecule has 0 spiro atoms. The summed E-state index contributed by atoms with van der Waals surface area (Å²) in [6.45, 7) is 4.28. The zero-order valence-electron chi connectivity index (χ0n) is 9.32. The molecule has 0 unspecified atom stereocenters. The lowest BCUT2D eigenvalue weighted by molar-refractivity contribution is 1.35. The van der Waals surface area contributed by atoms with Crippen LogP contribution >= 0.6 is 11.3 Å². The molecule has 16 heavy (non-hydrogen) atoms. The quantitative estimate of drug-likeness (QED) is 0.410. The minimum absolute atomic E-state index is 1.09. The largest absolute Gasteiger partial charge is 0.257 e. The van der Waals surface area contributed by atoms with Crippen LogP contribution in [0.15, 0.2) is 36.4 Å². The average Bonchev–Trinajstić information content (AvgIpc) is 2.32. The highest BCUT2D eigenvalue weighted by Gasteiger charge is 2.13. The molecule has 2 heteroatoms. The van der Waals surface area contributed by atoms with Crippen LogP contribution < -0.4 is 0 Å². The average molecular weight is 226 g/mol. The van der Waals surface area contributed by atoms with Gasteiger partial charge in [-0.1, -0.05) is 18.2 Å². The van der Waals surface area contributed by atoms with Crippen LogP contribution in [0.4, 0.5) is 0 Å². The number of benzene rings is 2. The molecule has 0 aliphatic carbocycles. The first-order valence-electron chi connectivity index (χ1n) is 5.34. The highest BCUT2D eigenvalue weighted by molar-refractivity contribution is 7.24. The number of aryl methyl sites for hydroxylation is 2. The third-order valence-corrected chi connectivity index (χ3v) is 4.10. The topological polar surface area (TPSA) is 12.9 Å². The maximum absolute atomic E-state index is 4.75. The lowest BCUT2D eigenvalue weighted by atomic mass is 10.1. The van der Waals surface area contributed by atoms with E-state index in [4.69, 9.17) is 4.98 Å². The van der Waals surface area contributed by atoms with Gasteiger partial charge in [-0.2, -0.15) is 0 Å². The molecule has 3 aromatic rings. The second-order valence-corrected chi connectivity index (χ2v) is 5.12. The molecule has 0 bridgehead atoms. The normalized spacial score (nSPS) is 11.1. The van der Waals surface area contributed by atoms with Crippen LogP contribution in [0.5, 0.6) is 0 Å². The Morgan fingerprint density at radius 2 is 1.75 bits per heavy atom. The van der Waals surface area contributed by atoms with Gasteiger partial charge in [0, 0.05) is 12.1 Å². The summed E-state index contributed by atoms with van der Waals surface area (Å²) in [5.41, 5.74) is 4.83. The van der Waals surface area contributed by atoms with Crippen molar-refractivity contribution >= 4 is 31.8 Å². The molecule has 2 aromatic carbocycles. The monoisotopic (exact) mass is 226 g/mol. The Labute approximate surface area is 98.4 Å². The first-order valence-corrected chi connectivity index (χ1v) is 6.16. The van der Waals surface area contributed by atoms with E-state index in [-0.39, 0.29) is 0 Å². The number of hydrogen-bond acceptors (Lipinski definition) is 1. The van der Waals surface area contributed by atoms with Gasteiger partial charge in [0.2, 0.25) is 11.3 Å². The van der Waals surface area contributed by atoms with Crippen LogP contribution in [0.1, 0.15) is 11.1 Å². The molecule has 0 saturated carbocycles. The fourth-order valence-electron chi connectivity index (χ4n) is 1.87. The van der Waals surface area contributed by atoms with E-state index in [1.54, 1.807) is 0 Å². The summed E-state index contributed by atoms with van der Waals surface area (Å²) in [4.78, 5) is 4.75. The van der Waals surface area contributed by atoms with Crippen LogP contribution in [0.2, 0.25) is 0 Å². The predicted molar refractivity (Wildman–Crippen MR) is 71.0 cm³/mol. The number of aromatic nitrogens is 1. The van der Waals surface area contributed by atoms with Crippen molar-refractivity contribution in [3.8, 4) is 0 Å². The van der Waals surface area contributed by atoms with E-state index in [0.717, 1.165) is 11.0 Å². The van der Waals surface area contributed by atoms with Crippen molar-refractivity contribution in [3.05, 3.63) is 47.5 Å². The van der Waals surface area contributed by atoms with Gasteiger partial charge in [-0.25, -0.2) is 4.98 Å². The molecule has 3 rings (SSSR count). The lowest BCUT2D eigenvalue weighted by Crippen LogP contribution is -1.86. The third-order valence-electron chi connectivity index (χ3n) is 2.98. The Morgan fingerprint density at radius 3 is 2.62 bits per heavy atom. The molecule has 0 saturated heterocycles. The molecule has 1 heterocycles. The van der Waals surface area contributed by atoms with Gasteiger partial charge in [-0.05, 0) is 31.0 Å². The molecule has 1 nitrogen and oxygen atoms in total. The molecule has 0 fully saturated rings. The molecule has 0 aliphatic rings. The molecule has 0 N–H and O–H groups in total. The van der Waals surface area contributed by atoms with E-state index in [1.165, 1.54) is 20.5 Å². The summed E-state index contributed by atoms with van der Waals surface area (Å²) in [5, 5.41) is 0. The first-order chi connectivity index (χ1) is 7.75. The van der Waals surface area contributed by atoms with E-state index >= 15 is 0 Å². The number of hydrogen-bond donors (Lipinski definition) is 0. The Morgan fingerprint density at radius 1 is 0.938 bits per heavy atom. The second kappa shape index (κ2) is 3.49. The molecule has 78 valence electrons. The molecular weight excluding hydrogens is 214 g/mol. The van der Waals surface area contributed by atoms with Gasteiger partial charge in [0.1, 0.15) is 11.0 Å². The second-order valence-electron chi connectivity index (χ2n) is 4.04. The Balaban J connectivity index is 2.51. The zero-order valence-corrected chi connectivity index (χ0v) is 10.1. The van der Waals surface area contributed by atoms with E-state index in [2.05, 4.69) is 44.2 Å². The number of nitrogens with zero attached hydrogens (tertiary/aromatic N) is 1. The van der Waals surface area contributed by atoms with Gasteiger partial charge in [0.25, 0.3) is 9.40 Å². The number of rotatable bonds is 0. The van der Waals surface area contributed by atoms with Crippen molar-refractivity contribution in [1.29, 1.82) is 0 Å². The van der Waals surface area contributed by atoms with Crippen molar-refractivity contribution in [2.75, 3.05) is 0 Å². The summed E-state index contributed by atoms with van der Waals surface area (Å²) in [5.74, 6) is 0. The summed E-state index contributed by atoms with van der Waals surface area (Å²) in [7, 11) is 0. The van der Waals surface area contributed by atoms with E-state index in [9.17, 15) is 0 Å². The van der Waals surface area contributed by atoms with Crippen molar-refractivity contribution in [3.63, 3.8) is 0 Å². The zero-order chi connectivity index (χ0) is 11.1. The Kier molecular flexibility index (Phi) is 2.11. The van der Waals surface area contributed by atoms with Crippen molar-refractivity contribution < 1.29 is 0 Å². The smallest absolute Gasteiger partial charge is 0.237 e. The summed E-state index contributed by atoms with van der Waals surface area (Å²) >= 11 is 1.81. The third kappa shape index (κ3) is 1.38. The van der Waals surface area contributed by atoms with E-state index < -0.39 is 0 Å². The van der Waals surface area contributed by atoms with Gasteiger partial charge < -0.3 is 0 Å². The first kappa shape index (κ1) is 9.67. The summed E-state index contributed by atoms with van der Waals surface area (Å²) in [6.07, 6.45) is 0. The van der Waals surface area contributed by atoms with Gasteiger partial charge in [0.15, 0.2) is 0 Å². The summed E-state index contributed by atoms with van der Waals surface area (Å²) < 4.78 is 2.51. The molecule has 0 aliphatic heterocycles. The molecular formula is C14H12NS+. The van der Waals surface area contributed by atoms with Crippen LogP contribution in [0, 0.1) is 13.8 Å². The number of fused-ring (bicyclic) bond motifs is 2. The van der Waals surface area contributed by atoms with Crippen LogP contribution in [-0.4, -0.2) is 4.98 Å². The highest BCUT2D eigenvalue weighted by Crippen LogP contribution is 2.28. The Hall–Kier alpha value is -1.54. The lowest BCUT2D eigenvalue weighted by Gasteiger charge is -1.99. The minimum atomic E-state index is 1.09. The highest BCUT2D eigenvalue weighted by atomic mass is 32.1. The maximum atomic E-state index is 4.75. The van der Waals surface area contributed by atoms with Crippen LogP contribution in [0.25, 0.3) is 20.4 Å². The number of para-hydroxylation sites is 1. The summed E-state index contributed by atoms with van der Waals surface area (Å²) in [6, 6.07) is 12.6. The van der Waals surface area contributed by atoms with Crippen LogP contribution in [-0.2, 0) is 0 Å². The van der Waals surface area contributed by atoms with Gasteiger partial charge in [-0.15, -0.1) is 0 Å². The van der Waals surface area contributed by atoms with Gasteiger partial charge >= 0.3 is 0 Å². The van der Waals surface area contributed by atoms with Crippen LogP contribution in [0.3, 0.4) is 0 Å². The standard InChI is InChI=1S/C14H12NS/c1-9-7-8-13-14(10(9)2)15-11-5-3-4-6-12(11)16-13/h3-8H,1-2H3/q+1. The molecule has 0 atom stereocenters. The van der Waals surface area contributed by atoms with Gasteiger partial charge in [0.05, 0.1) is 0 Å². The minimum Gasteiger partial charge on any atom is -0.237 e. The fraction of sp³-hybridized carbons (Fsp3) is 0.143. The van der Waals surface area contributed by atoms with E-state index in [0.29, 0.717) is 0 Å². The SMILES string of the molecule is Cc1ccc2[s+]c3ccccc3nc2c1C. The predicted octanol–water partition coefficient (Wildman–Crippen LogP) is 4.35. The molecule has 0 radical (unpaired) electrons. The fourth-order valence-corrected chi connectivity index (χ4v) is 2.91. The van der Waals surface area contributed by atoms with Crippen molar-refractivity contribution in [2.24, 2.45) is 0 Å². The van der Waals surface area contributed by atoms with Crippen molar-refractivity contribution in [1.82, 2.24) is 4.98 Å². The van der Waals surface area contributed by atoms with E-state index in [1.807, 2.05) is 17.4 Å². The van der Waals surface area contributed by atoms with Gasteiger partial charge in [-0.3, -0.25) is 0 Å². The maximum Gasteiger partial charge on any atom is 0.257 e. The van der Waals surface area contributed by atoms with Crippen molar-refractivity contribution in [2.45, 2.75) is 13.8 Å².